The van der Waals surface area contributed by atoms with E-state index < -0.39 is 10.0 Å². The second-order valence-corrected chi connectivity index (χ2v) is 6.29. The molecule has 0 unspecified atom stereocenters. The molecular weight excluding hydrogens is 266 g/mol. The predicted octanol–water partition coefficient (Wildman–Crippen LogP) is 1.39. The van der Waals surface area contributed by atoms with Crippen LogP contribution in [0.2, 0.25) is 0 Å². The van der Waals surface area contributed by atoms with Gasteiger partial charge in [0.1, 0.15) is 5.78 Å². The first-order chi connectivity index (χ1) is 8.74. The number of hydrogen-bond acceptors (Lipinski definition) is 4. The van der Waals surface area contributed by atoms with Gasteiger partial charge in [0.2, 0.25) is 10.0 Å². The molecule has 0 saturated heterocycles. The van der Waals surface area contributed by atoms with E-state index >= 15 is 0 Å². The van der Waals surface area contributed by atoms with Crippen molar-refractivity contribution in [3.63, 3.8) is 0 Å². The molecule has 0 aliphatic rings. The maximum Gasteiger partial charge on any atom is 0.240 e. The van der Waals surface area contributed by atoms with E-state index in [9.17, 15) is 18.0 Å². The molecule has 19 heavy (non-hydrogen) atoms. The van der Waals surface area contributed by atoms with E-state index in [4.69, 9.17) is 0 Å². The van der Waals surface area contributed by atoms with Gasteiger partial charge >= 0.3 is 0 Å². The highest BCUT2D eigenvalue weighted by molar-refractivity contribution is 7.89. The molecule has 0 bridgehead atoms. The van der Waals surface area contributed by atoms with Crippen LogP contribution in [0.5, 0.6) is 0 Å². The molecule has 5 nitrogen and oxygen atoms in total. The van der Waals surface area contributed by atoms with Gasteiger partial charge in [-0.15, -0.1) is 0 Å². The number of carbonyl (C=O) groups excluding carboxylic acids is 2. The fourth-order valence-electron chi connectivity index (χ4n) is 1.32. The molecule has 0 spiro atoms. The van der Waals surface area contributed by atoms with Crippen LogP contribution in [0, 0.1) is 5.92 Å². The molecule has 0 amide bonds. The van der Waals surface area contributed by atoms with Crippen LogP contribution in [-0.2, 0) is 14.8 Å². The molecular formula is C13H17NO4S. The molecule has 104 valence electrons. The lowest BCUT2D eigenvalue weighted by molar-refractivity contribution is -0.120. The zero-order chi connectivity index (χ0) is 14.6. The number of Topliss-reactive ketones (excluding diaryl/α,β-unsaturated/α-hetero) is 2. The summed E-state index contributed by atoms with van der Waals surface area (Å²) < 4.78 is 26.0. The minimum Gasteiger partial charge on any atom is -0.298 e. The number of nitrogens with one attached hydrogen (secondary N) is 1. The second kappa shape index (κ2) is 6.08. The summed E-state index contributed by atoms with van der Waals surface area (Å²) in [4.78, 5) is 22.5. The lowest BCUT2D eigenvalue weighted by Gasteiger charge is -2.08. The first kappa shape index (κ1) is 15.5. The maximum atomic E-state index is 11.9. The predicted molar refractivity (Wildman–Crippen MR) is 71.5 cm³/mol. The number of hydrogen-bond donors (Lipinski definition) is 1. The molecule has 0 fully saturated rings. The monoisotopic (exact) mass is 283 g/mol. The third kappa shape index (κ3) is 4.25. The second-order valence-electron chi connectivity index (χ2n) is 4.53. The van der Waals surface area contributed by atoms with Crippen molar-refractivity contribution in [2.24, 2.45) is 5.92 Å². The SMILES string of the molecule is CC(=O)c1ccc(S(=O)(=O)NCC(=O)C(C)C)cc1. The van der Waals surface area contributed by atoms with Crippen LogP contribution in [-0.4, -0.2) is 26.5 Å². The van der Waals surface area contributed by atoms with E-state index in [0.29, 0.717) is 5.56 Å². The molecule has 1 rings (SSSR count). The molecule has 0 aliphatic heterocycles. The minimum absolute atomic E-state index is 0.0362. The summed E-state index contributed by atoms with van der Waals surface area (Å²) in [6.07, 6.45) is 0. The Labute approximate surface area is 113 Å². The molecule has 1 aromatic carbocycles. The number of rotatable bonds is 6. The fraction of sp³-hybridized carbons (Fsp3) is 0.385. The van der Waals surface area contributed by atoms with Crippen molar-refractivity contribution in [3.05, 3.63) is 29.8 Å². The van der Waals surface area contributed by atoms with Gasteiger partial charge in [0.05, 0.1) is 11.4 Å². The van der Waals surface area contributed by atoms with Gasteiger partial charge < -0.3 is 0 Å². The Balaban J connectivity index is 2.83. The standard InChI is InChI=1S/C13H17NO4S/c1-9(2)13(16)8-14-19(17,18)12-6-4-11(5-7-12)10(3)15/h4-7,9,14H,8H2,1-3H3. The van der Waals surface area contributed by atoms with Crippen LogP contribution in [0.3, 0.4) is 0 Å². The molecule has 1 aromatic rings. The van der Waals surface area contributed by atoms with E-state index in [0.717, 1.165) is 0 Å². The van der Waals surface area contributed by atoms with Gasteiger partial charge in [-0.05, 0) is 19.1 Å². The lowest BCUT2D eigenvalue weighted by atomic mass is 10.1. The molecule has 0 heterocycles. The summed E-state index contributed by atoms with van der Waals surface area (Å²) in [6, 6.07) is 5.58. The van der Waals surface area contributed by atoms with Crippen LogP contribution in [0.4, 0.5) is 0 Å². The van der Waals surface area contributed by atoms with E-state index in [-0.39, 0.29) is 28.9 Å². The fourth-order valence-corrected chi connectivity index (χ4v) is 2.32. The van der Waals surface area contributed by atoms with Crippen molar-refractivity contribution in [1.29, 1.82) is 0 Å². The smallest absolute Gasteiger partial charge is 0.240 e. The Hall–Kier alpha value is -1.53. The van der Waals surface area contributed by atoms with Crippen molar-refractivity contribution in [2.75, 3.05) is 6.54 Å². The Morgan fingerprint density at radius 2 is 1.68 bits per heavy atom. The highest BCUT2D eigenvalue weighted by atomic mass is 32.2. The number of carbonyl (C=O) groups is 2. The third-order valence-electron chi connectivity index (χ3n) is 2.65. The highest BCUT2D eigenvalue weighted by Gasteiger charge is 2.16. The molecule has 0 aromatic heterocycles. The van der Waals surface area contributed by atoms with Gasteiger partial charge in [-0.1, -0.05) is 26.0 Å². The summed E-state index contributed by atoms with van der Waals surface area (Å²) in [6.45, 7) is 4.59. The van der Waals surface area contributed by atoms with Crippen LogP contribution >= 0.6 is 0 Å². The van der Waals surface area contributed by atoms with Crippen molar-refractivity contribution >= 4 is 21.6 Å². The van der Waals surface area contributed by atoms with Crippen LogP contribution in [0.25, 0.3) is 0 Å². The Morgan fingerprint density at radius 3 is 2.11 bits per heavy atom. The minimum atomic E-state index is -3.71. The summed E-state index contributed by atoms with van der Waals surface area (Å²) in [5, 5.41) is 0. The van der Waals surface area contributed by atoms with Gasteiger partial charge in [0.25, 0.3) is 0 Å². The van der Waals surface area contributed by atoms with Crippen molar-refractivity contribution in [2.45, 2.75) is 25.7 Å². The van der Waals surface area contributed by atoms with Crippen LogP contribution in [0.1, 0.15) is 31.1 Å². The molecule has 1 N–H and O–H groups in total. The molecule has 6 heteroatoms. The van der Waals surface area contributed by atoms with Crippen LogP contribution < -0.4 is 4.72 Å². The largest absolute Gasteiger partial charge is 0.298 e. The van der Waals surface area contributed by atoms with Crippen molar-refractivity contribution in [1.82, 2.24) is 4.72 Å². The third-order valence-corrected chi connectivity index (χ3v) is 4.07. The number of benzene rings is 1. The van der Waals surface area contributed by atoms with Gasteiger partial charge in [0.15, 0.2) is 5.78 Å². The molecule has 0 atom stereocenters. The average molecular weight is 283 g/mol. The first-order valence-electron chi connectivity index (χ1n) is 5.87. The topological polar surface area (TPSA) is 80.3 Å². The molecule has 0 saturated carbocycles. The lowest BCUT2D eigenvalue weighted by Crippen LogP contribution is -2.31. The van der Waals surface area contributed by atoms with Crippen LogP contribution in [0.15, 0.2) is 29.2 Å². The van der Waals surface area contributed by atoms with Gasteiger partial charge in [-0.3, -0.25) is 9.59 Å². The van der Waals surface area contributed by atoms with Gasteiger partial charge in [-0.2, -0.15) is 0 Å². The zero-order valence-corrected chi connectivity index (χ0v) is 12.0. The molecule has 0 aliphatic carbocycles. The average Bonchev–Trinajstić information content (AvgIpc) is 2.36. The highest BCUT2D eigenvalue weighted by Crippen LogP contribution is 2.11. The van der Waals surface area contributed by atoms with E-state index in [1.807, 2.05) is 0 Å². The van der Waals surface area contributed by atoms with E-state index in [1.165, 1.54) is 31.2 Å². The van der Waals surface area contributed by atoms with Gasteiger partial charge in [0, 0.05) is 11.5 Å². The van der Waals surface area contributed by atoms with Crippen molar-refractivity contribution in [3.8, 4) is 0 Å². The normalized spacial score (nSPS) is 11.6. The Morgan fingerprint density at radius 1 is 1.16 bits per heavy atom. The number of ketones is 2. The van der Waals surface area contributed by atoms with E-state index in [2.05, 4.69) is 4.72 Å². The Kier molecular flexibility index (Phi) is 4.97. The quantitative estimate of drug-likeness (QED) is 0.800. The zero-order valence-electron chi connectivity index (χ0n) is 11.1. The summed E-state index contributed by atoms with van der Waals surface area (Å²) in [5.74, 6) is -0.529. The first-order valence-corrected chi connectivity index (χ1v) is 7.35. The summed E-state index contributed by atoms with van der Waals surface area (Å²) in [5.41, 5.74) is 0.442. The van der Waals surface area contributed by atoms with E-state index in [1.54, 1.807) is 13.8 Å². The number of sulfonamides is 1. The Bertz CT molecular complexity index is 573. The maximum absolute atomic E-state index is 11.9. The van der Waals surface area contributed by atoms with Crippen molar-refractivity contribution < 1.29 is 18.0 Å². The molecule has 0 radical (unpaired) electrons. The van der Waals surface area contributed by atoms with Gasteiger partial charge in [-0.25, -0.2) is 13.1 Å². The summed E-state index contributed by atoms with van der Waals surface area (Å²) in [7, 11) is -3.71. The summed E-state index contributed by atoms with van der Waals surface area (Å²) >= 11 is 0.